The SMILES string of the molecule is CNc1c(-c2cccnc2)cc2c3c1CCN3C(=O)CC2. The number of aromatic nitrogens is 1. The van der Waals surface area contributed by atoms with Crippen molar-refractivity contribution in [3.05, 3.63) is 41.7 Å². The lowest BCUT2D eigenvalue weighted by Crippen LogP contribution is -2.32. The smallest absolute Gasteiger partial charge is 0.227 e. The maximum absolute atomic E-state index is 12.1. The molecule has 4 rings (SSSR count). The average Bonchev–Trinajstić information content (AvgIpc) is 2.98. The Labute approximate surface area is 123 Å². The van der Waals surface area contributed by atoms with Crippen molar-refractivity contribution in [2.75, 3.05) is 23.8 Å². The van der Waals surface area contributed by atoms with E-state index in [-0.39, 0.29) is 5.91 Å². The normalized spacial score (nSPS) is 16.0. The molecule has 1 amide bonds. The van der Waals surface area contributed by atoms with Crippen molar-refractivity contribution < 1.29 is 4.79 Å². The third-order valence-electron chi connectivity index (χ3n) is 4.47. The van der Waals surface area contributed by atoms with Gasteiger partial charge in [0.25, 0.3) is 0 Å². The third kappa shape index (κ3) is 1.75. The average molecular weight is 279 g/mol. The molecule has 0 unspecified atom stereocenters. The van der Waals surface area contributed by atoms with Gasteiger partial charge in [-0.2, -0.15) is 0 Å². The molecule has 1 N–H and O–H groups in total. The lowest BCUT2D eigenvalue weighted by molar-refractivity contribution is -0.118. The van der Waals surface area contributed by atoms with Crippen LogP contribution in [-0.2, 0) is 17.6 Å². The fourth-order valence-electron chi connectivity index (χ4n) is 3.56. The van der Waals surface area contributed by atoms with E-state index < -0.39 is 0 Å². The predicted octanol–water partition coefficient (Wildman–Crippen LogP) is 2.63. The second-order valence-corrected chi connectivity index (χ2v) is 5.57. The number of carbonyl (C=O) groups excluding carboxylic acids is 1. The van der Waals surface area contributed by atoms with Gasteiger partial charge < -0.3 is 10.2 Å². The number of benzene rings is 1. The van der Waals surface area contributed by atoms with Crippen LogP contribution in [0.15, 0.2) is 30.6 Å². The van der Waals surface area contributed by atoms with Crippen molar-refractivity contribution >= 4 is 17.3 Å². The number of pyridine rings is 1. The maximum Gasteiger partial charge on any atom is 0.227 e. The van der Waals surface area contributed by atoms with Gasteiger partial charge in [-0.3, -0.25) is 9.78 Å². The monoisotopic (exact) mass is 279 g/mol. The summed E-state index contributed by atoms with van der Waals surface area (Å²) < 4.78 is 0. The fraction of sp³-hybridized carbons (Fsp3) is 0.294. The summed E-state index contributed by atoms with van der Waals surface area (Å²) in [6.45, 7) is 0.812. The Bertz CT molecular complexity index is 725. The molecule has 0 bridgehead atoms. The Balaban J connectivity index is 1.97. The first-order valence-electron chi connectivity index (χ1n) is 7.37. The van der Waals surface area contributed by atoms with Crippen molar-refractivity contribution in [1.82, 2.24) is 4.98 Å². The molecule has 1 aromatic heterocycles. The van der Waals surface area contributed by atoms with Gasteiger partial charge in [0, 0.05) is 54.8 Å². The zero-order valence-electron chi connectivity index (χ0n) is 12.0. The van der Waals surface area contributed by atoms with Gasteiger partial charge in [-0.05, 0) is 30.5 Å². The molecule has 4 nitrogen and oxygen atoms in total. The Hall–Kier alpha value is -2.36. The number of amides is 1. The lowest BCUT2D eigenvalue weighted by Gasteiger charge is -2.27. The van der Waals surface area contributed by atoms with Crippen LogP contribution in [-0.4, -0.2) is 24.5 Å². The molecular weight excluding hydrogens is 262 g/mol. The standard InChI is InChI=1S/C17H17N3O/c1-18-16-13-6-8-20-15(21)5-4-11(17(13)20)9-14(16)12-3-2-7-19-10-12/h2-3,7,9-10,18H,4-6,8H2,1H3. The first-order chi connectivity index (χ1) is 10.3. The first-order valence-corrected chi connectivity index (χ1v) is 7.37. The van der Waals surface area contributed by atoms with E-state index in [1.165, 1.54) is 16.7 Å². The van der Waals surface area contributed by atoms with Crippen molar-refractivity contribution in [1.29, 1.82) is 0 Å². The van der Waals surface area contributed by atoms with E-state index in [0.717, 1.165) is 36.3 Å². The highest BCUT2D eigenvalue weighted by Gasteiger charge is 2.33. The minimum atomic E-state index is 0.262. The molecule has 0 radical (unpaired) electrons. The summed E-state index contributed by atoms with van der Waals surface area (Å²) in [6, 6.07) is 6.28. The van der Waals surface area contributed by atoms with Gasteiger partial charge in [0.15, 0.2) is 0 Å². The number of rotatable bonds is 2. The largest absolute Gasteiger partial charge is 0.387 e. The van der Waals surface area contributed by atoms with Crippen molar-refractivity contribution in [3.63, 3.8) is 0 Å². The van der Waals surface area contributed by atoms with Crippen molar-refractivity contribution in [3.8, 4) is 11.1 Å². The predicted molar refractivity (Wildman–Crippen MR) is 83.6 cm³/mol. The molecule has 106 valence electrons. The molecule has 4 heteroatoms. The highest BCUT2D eigenvalue weighted by Crippen LogP contribution is 2.45. The van der Waals surface area contributed by atoms with Crippen LogP contribution in [0, 0.1) is 0 Å². The molecule has 0 atom stereocenters. The number of carbonyl (C=O) groups is 1. The minimum absolute atomic E-state index is 0.262. The summed E-state index contributed by atoms with van der Waals surface area (Å²) >= 11 is 0. The van der Waals surface area contributed by atoms with E-state index in [9.17, 15) is 4.79 Å². The molecule has 2 aliphatic heterocycles. The van der Waals surface area contributed by atoms with Crippen LogP contribution in [0.4, 0.5) is 11.4 Å². The van der Waals surface area contributed by atoms with E-state index in [0.29, 0.717) is 6.42 Å². The molecule has 0 saturated heterocycles. The number of anilines is 2. The molecule has 0 aliphatic carbocycles. The van der Waals surface area contributed by atoms with Crippen LogP contribution in [0.5, 0.6) is 0 Å². The summed E-state index contributed by atoms with van der Waals surface area (Å²) in [5.74, 6) is 0.262. The fourth-order valence-corrected chi connectivity index (χ4v) is 3.56. The molecule has 2 aliphatic rings. The first kappa shape index (κ1) is 12.4. The van der Waals surface area contributed by atoms with E-state index >= 15 is 0 Å². The number of nitrogens with one attached hydrogen (secondary N) is 1. The van der Waals surface area contributed by atoms with Gasteiger partial charge in [-0.25, -0.2) is 0 Å². The van der Waals surface area contributed by atoms with E-state index in [1.54, 1.807) is 6.20 Å². The summed E-state index contributed by atoms with van der Waals surface area (Å²) in [5, 5.41) is 3.34. The maximum atomic E-state index is 12.1. The number of nitrogens with zero attached hydrogens (tertiary/aromatic N) is 2. The van der Waals surface area contributed by atoms with Gasteiger partial charge in [-0.1, -0.05) is 6.07 Å². The Morgan fingerprint density at radius 1 is 1.29 bits per heavy atom. The summed E-state index contributed by atoms with van der Waals surface area (Å²) in [7, 11) is 1.95. The number of hydrogen-bond acceptors (Lipinski definition) is 3. The van der Waals surface area contributed by atoms with E-state index in [4.69, 9.17) is 0 Å². The van der Waals surface area contributed by atoms with E-state index in [2.05, 4.69) is 22.4 Å². The van der Waals surface area contributed by atoms with Gasteiger partial charge in [0.2, 0.25) is 5.91 Å². The van der Waals surface area contributed by atoms with Crippen LogP contribution in [0.25, 0.3) is 11.1 Å². The van der Waals surface area contributed by atoms with Gasteiger partial charge in [0.05, 0.1) is 5.69 Å². The summed E-state index contributed by atoms with van der Waals surface area (Å²) in [4.78, 5) is 18.3. The second-order valence-electron chi connectivity index (χ2n) is 5.57. The zero-order chi connectivity index (χ0) is 14.4. The Morgan fingerprint density at radius 3 is 2.95 bits per heavy atom. The Morgan fingerprint density at radius 2 is 2.19 bits per heavy atom. The molecule has 0 fully saturated rings. The molecule has 0 saturated carbocycles. The van der Waals surface area contributed by atoms with Gasteiger partial charge >= 0.3 is 0 Å². The second kappa shape index (κ2) is 4.58. The molecule has 1 aromatic carbocycles. The van der Waals surface area contributed by atoms with Crippen LogP contribution < -0.4 is 10.2 Å². The number of aryl methyl sites for hydroxylation is 1. The molecule has 2 aromatic rings. The topological polar surface area (TPSA) is 45.2 Å². The summed E-state index contributed by atoms with van der Waals surface area (Å²) in [6.07, 6.45) is 6.08. The van der Waals surface area contributed by atoms with Crippen LogP contribution in [0.3, 0.4) is 0 Å². The van der Waals surface area contributed by atoms with Crippen LogP contribution >= 0.6 is 0 Å². The van der Waals surface area contributed by atoms with Crippen LogP contribution in [0.2, 0.25) is 0 Å². The quantitative estimate of drug-likeness (QED) is 0.919. The van der Waals surface area contributed by atoms with Crippen molar-refractivity contribution in [2.45, 2.75) is 19.3 Å². The number of hydrogen-bond donors (Lipinski definition) is 1. The molecule has 21 heavy (non-hydrogen) atoms. The van der Waals surface area contributed by atoms with Crippen LogP contribution in [0.1, 0.15) is 17.5 Å². The lowest BCUT2D eigenvalue weighted by atomic mass is 9.92. The molecule has 3 heterocycles. The Kier molecular flexibility index (Phi) is 2.70. The summed E-state index contributed by atoms with van der Waals surface area (Å²) in [5.41, 5.74) is 7.18. The molecule has 0 spiro atoms. The van der Waals surface area contributed by atoms with Gasteiger partial charge in [0.1, 0.15) is 0 Å². The third-order valence-corrected chi connectivity index (χ3v) is 4.47. The van der Waals surface area contributed by atoms with Crippen molar-refractivity contribution in [2.24, 2.45) is 0 Å². The highest BCUT2D eigenvalue weighted by molar-refractivity contribution is 6.02. The van der Waals surface area contributed by atoms with E-state index in [1.807, 2.05) is 24.2 Å². The van der Waals surface area contributed by atoms with Gasteiger partial charge in [-0.15, -0.1) is 0 Å². The molecular formula is C17H17N3O. The highest BCUT2D eigenvalue weighted by atomic mass is 16.2. The zero-order valence-corrected chi connectivity index (χ0v) is 12.0. The minimum Gasteiger partial charge on any atom is -0.387 e.